The lowest BCUT2D eigenvalue weighted by molar-refractivity contribution is -0.122. The molecule has 0 saturated carbocycles. The first-order valence-corrected chi connectivity index (χ1v) is 6.81. The second kappa shape index (κ2) is 8.64. The fourth-order valence-corrected chi connectivity index (χ4v) is 1.91. The molecule has 0 spiro atoms. The molecular formula is C15H23FN2O. The van der Waals surface area contributed by atoms with Crippen molar-refractivity contribution in [2.75, 3.05) is 20.1 Å². The van der Waals surface area contributed by atoms with E-state index in [4.69, 9.17) is 0 Å². The third-order valence-corrected chi connectivity index (χ3v) is 2.86. The van der Waals surface area contributed by atoms with Crippen molar-refractivity contribution in [1.82, 2.24) is 10.2 Å². The molecule has 19 heavy (non-hydrogen) atoms. The maximum atomic E-state index is 13.0. The normalized spacial score (nSPS) is 10.7. The Balaban J connectivity index is 2.26. The van der Waals surface area contributed by atoms with Crippen molar-refractivity contribution in [3.8, 4) is 0 Å². The zero-order valence-electron chi connectivity index (χ0n) is 11.8. The monoisotopic (exact) mass is 266 g/mol. The number of rotatable bonds is 8. The highest BCUT2D eigenvalue weighted by molar-refractivity contribution is 5.77. The lowest BCUT2D eigenvalue weighted by atomic mass is 10.2. The highest BCUT2D eigenvalue weighted by Gasteiger charge is 2.06. The minimum absolute atomic E-state index is 0.0232. The molecule has 1 aromatic rings. The Morgan fingerprint density at radius 3 is 2.84 bits per heavy atom. The molecule has 1 rings (SSSR count). The average molecular weight is 266 g/mol. The largest absolute Gasteiger partial charge is 0.355 e. The smallest absolute Gasteiger partial charge is 0.234 e. The van der Waals surface area contributed by atoms with Crippen LogP contribution in [0.25, 0.3) is 0 Å². The van der Waals surface area contributed by atoms with Crippen molar-refractivity contribution in [1.29, 1.82) is 0 Å². The van der Waals surface area contributed by atoms with Crippen LogP contribution in [-0.2, 0) is 11.3 Å². The summed E-state index contributed by atoms with van der Waals surface area (Å²) in [4.78, 5) is 13.5. The number of halogens is 1. The Hall–Kier alpha value is -1.42. The predicted octanol–water partition coefficient (Wildman–Crippen LogP) is 2.56. The molecule has 1 N–H and O–H groups in total. The molecule has 4 heteroatoms. The zero-order chi connectivity index (χ0) is 14.1. The van der Waals surface area contributed by atoms with E-state index in [-0.39, 0.29) is 11.7 Å². The molecule has 1 aromatic carbocycles. The number of nitrogens with one attached hydrogen (secondary N) is 1. The highest BCUT2D eigenvalue weighted by Crippen LogP contribution is 2.05. The first kappa shape index (κ1) is 15.6. The maximum absolute atomic E-state index is 13.0. The molecule has 0 aliphatic heterocycles. The Bertz CT molecular complexity index is 395. The van der Waals surface area contributed by atoms with Gasteiger partial charge in [-0.15, -0.1) is 0 Å². The molecule has 0 aromatic heterocycles. The molecule has 3 nitrogen and oxygen atoms in total. The number of carbonyl (C=O) groups excluding carboxylic acids is 1. The summed E-state index contributed by atoms with van der Waals surface area (Å²) in [6, 6.07) is 6.46. The Kier molecular flexibility index (Phi) is 7.11. The Morgan fingerprint density at radius 1 is 1.37 bits per heavy atom. The SMILES string of the molecule is CCCCCNC(=O)CN(C)Cc1cccc(F)c1. The van der Waals surface area contributed by atoms with Gasteiger partial charge in [-0.25, -0.2) is 4.39 Å². The van der Waals surface area contributed by atoms with Crippen molar-refractivity contribution >= 4 is 5.91 Å². The van der Waals surface area contributed by atoms with Gasteiger partial charge in [0.1, 0.15) is 5.82 Å². The van der Waals surface area contributed by atoms with Gasteiger partial charge in [0.25, 0.3) is 0 Å². The van der Waals surface area contributed by atoms with Gasteiger partial charge in [0, 0.05) is 13.1 Å². The summed E-state index contributed by atoms with van der Waals surface area (Å²) in [5, 5.41) is 2.89. The Morgan fingerprint density at radius 2 is 2.16 bits per heavy atom. The van der Waals surface area contributed by atoms with Crippen LogP contribution in [0.4, 0.5) is 4.39 Å². The summed E-state index contributed by atoms with van der Waals surface area (Å²) in [6.45, 7) is 3.78. The number of likely N-dealkylation sites (N-methyl/N-ethyl adjacent to an activating group) is 1. The summed E-state index contributed by atoms with van der Waals surface area (Å²) < 4.78 is 13.0. The van der Waals surface area contributed by atoms with Crippen molar-refractivity contribution in [3.63, 3.8) is 0 Å². The van der Waals surface area contributed by atoms with E-state index < -0.39 is 0 Å². The first-order chi connectivity index (χ1) is 9.11. The van der Waals surface area contributed by atoms with Crippen LogP contribution < -0.4 is 5.32 Å². The predicted molar refractivity (Wildman–Crippen MR) is 75.3 cm³/mol. The molecule has 1 amide bonds. The minimum atomic E-state index is -0.241. The van der Waals surface area contributed by atoms with Crippen LogP contribution in [-0.4, -0.2) is 30.9 Å². The van der Waals surface area contributed by atoms with Gasteiger partial charge in [-0.2, -0.15) is 0 Å². The van der Waals surface area contributed by atoms with E-state index in [2.05, 4.69) is 12.2 Å². The fourth-order valence-electron chi connectivity index (χ4n) is 1.91. The summed E-state index contributed by atoms with van der Waals surface area (Å²) >= 11 is 0. The lowest BCUT2D eigenvalue weighted by Gasteiger charge is -2.16. The molecule has 106 valence electrons. The van der Waals surface area contributed by atoms with E-state index in [0.29, 0.717) is 13.1 Å². The standard InChI is InChI=1S/C15H23FN2O/c1-3-4-5-9-17-15(19)12-18(2)11-13-7-6-8-14(16)10-13/h6-8,10H,3-5,9,11-12H2,1-2H3,(H,17,19). The maximum Gasteiger partial charge on any atom is 0.234 e. The number of benzene rings is 1. The van der Waals surface area contributed by atoms with Crippen LogP contribution in [0.5, 0.6) is 0 Å². The number of amides is 1. The van der Waals surface area contributed by atoms with Gasteiger partial charge >= 0.3 is 0 Å². The summed E-state index contributed by atoms with van der Waals surface area (Å²) in [5.41, 5.74) is 0.876. The average Bonchev–Trinajstić information content (AvgIpc) is 2.34. The minimum Gasteiger partial charge on any atom is -0.355 e. The van der Waals surface area contributed by atoms with Gasteiger partial charge in [-0.05, 0) is 31.2 Å². The highest BCUT2D eigenvalue weighted by atomic mass is 19.1. The molecule has 0 atom stereocenters. The molecule has 0 aliphatic carbocycles. The van der Waals surface area contributed by atoms with Crippen LogP contribution in [0, 0.1) is 5.82 Å². The molecule has 0 bridgehead atoms. The van der Waals surface area contributed by atoms with Crippen LogP contribution in [0.15, 0.2) is 24.3 Å². The van der Waals surface area contributed by atoms with E-state index in [1.165, 1.54) is 12.1 Å². The molecule has 0 radical (unpaired) electrons. The molecule has 0 fully saturated rings. The third-order valence-electron chi connectivity index (χ3n) is 2.86. The summed E-state index contributed by atoms with van der Waals surface area (Å²) in [6.07, 6.45) is 3.31. The first-order valence-electron chi connectivity index (χ1n) is 6.81. The van der Waals surface area contributed by atoms with Gasteiger partial charge < -0.3 is 5.32 Å². The van der Waals surface area contributed by atoms with Crippen LogP contribution in [0.2, 0.25) is 0 Å². The second-order valence-corrected chi connectivity index (χ2v) is 4.86. The number of nitrogens with zero attached hydrogens (tertiary/aromatic N) is 1. The Labute approximate surface area is 114 Å². The van der Waals surface area contributed by atoms with Crippen LogP contribution in [0.1, 0.15) is 31.7 Å². The fraction of sp³-hybridized carbons (Fsp3) is 0.533. The summed E-state index contributed by atoms with van der Waals surface area (Å²) in [5.74, 6) is -0.218. The number of carbonyl (C=O) groups is 1. The lowest BCUT2D eigenvalue weighted by Crippen LogP contribution is -2.35. The van der Waals surface area contributed by atoms with E-state index in [1.54, 1.807) is 6.07 Å². The van der Waals surface area contributed by atoms with E-state index >= 15 is 0 Å². The van der Waals surface area contributed by atoms with Crippen molar-refractivity contribution in [3.05, 3.63) is 35.6 Å². The molecule has 0 saturated heterocycles. The molecule has 0 unspecified atom stereocenters. The van der Waals surface area contributed by atoms with Gasteiger partial charge in [-0.1, -0.05) is 31.9 Å². The van der Waals surface area contributed by atoms with E-state index in [9.17, 15) is 9.18 Å². The van der Waals surface area contributed by atoms with Gasteiger partial charge in [0.15, 0.2) is 0 Å². The zero-order valence-corrected chi connectivity index (χ0v) is 11.8. The second-order valence-electron chi connectivity index (χ2n) is 4.86. The van der Waals surface area contributed by atoms with Gasteiger partial charge in [-0.3, -0.25) is 9.69 Å². The third kappa shape index (κ3) is 6.91. The van der Waals surface area contributed by atoms with Crippen LogP contribution >= 0.6 is 0 Å². The molecule has 0 heterocycles. The quantitative estimate of drug-likeness (QED) is 0.733. The van der Waals surface area contributed by atoms with E-state index in [1.807, 2.05) is 18.0 Å². The van der Waals surface area contributed by atoms with Crippen molar-refractivity contribution in [2.45, 2.75) is 32.7 Å². The van der Waals surface area contributed by atoms with E-state index in [0.717, 1.165) is 31.4 Å². The number of unbranched alkanes of at least 4 members (excludes halogenated alkanes) is 2. The van der Waals surface area contributed by atoms with Gasteiger partial charge in [0.2, 0.25) is 5.91 Å². The van der Waals surface area contributed by atoms with Crippen LogP contribution in [0.3, 0.4) is 0 Å². The van der Waals surface area contributed by atoms with Crippen molar-refractivity contribution < 1.29 is 9.18 Å². The number of hydrogen-bond acceptors (Lipinski definition) is 2. The van der Waals surface area contributed by atoms with Crippen molar-refractivity contribution in [2.24, 2.45) is 0 Å². The molecule has 0 aliphatic rings. The number of hydrogen-bond donors (Lipinski definition) is 1. The van der Waals surface area contributed by atoms with Gasteiger partial charge in [0.05, 0.1) is 6.54 Å². The molecular weight excluding hydrogens is 243 g/mol. The topological polar surface area (TPSA) is 32.3 Å². The summed E-state index contributed by atoms with van der Waals surface area (Å²) in [7, 11) is 1.86.